The third kappa shape index (κ3) is 2.57. The Morgan fingerprint density at radius 2 is 1.90 bits per heavy atom. The minimum atomic E-state index is 0.129. The van der Waals surface area contributed by atoms with Gasteiger partial charge >= 0.3 is 0 Å². The number of aryl methyl sites for hydroxylation is 1. The fraction of sp³-hybridized carbons (Fsp3) is 0.400. The number of benzene rings is 1. The van der Waals surface area contributed by atoms with Crippen LogP contribution in [0.3, 0.4) is 0 Å². The molecular weight excluding hydrogens is 252 g/mol. The van der Waals surface area contributed by atoms with E-state index in [2.05, 4.69) is 10.1 Å². The number of hydrogen-bond acceptors (Lipinski definition) is 3. The van der Waals surface area contributed by atoms with E-state index in [1.165, 1.54) is 0 Å². The Balaban J connectivity index is 1.84. The Morgan fingerprint density at radius 3 is 2.60 bits per heavy atom. The highest BCUT2D eigenvalue weighted by Crippen LogP contribution is 2.17. The van der Waals surface area contributed by atoms with Crippen LogP contribution < -0.4 is 0 Å². The standard InChI is InChI=1S/C15H18N4O/c1-12-16-15(13-7-3-2-4-8-13)19(17-12)11-14(20)18-9-5-6-10-18/h2-4,7-8H,5-6,9-11H2,1H3. The zero-order valence-electron chi connectivity index (χ0n) is 11.6. The molecule has 2 heterocycles. The van der Waals surface area contributed by atoms with Crippen molar-refractivity contribution in [1.29, 1.82) is 0 Å². The third-order valence-corrected chi connectivity index (χ3v) is 3.55. The topological polar surface area (TPSA) is 51.0 Å². The van der Waals surface area contributed by atoms with E-state index in [0.29, 0.717) is 5.82 Å². The lowest BCUT2D eigenvalue weighted by molar-refractivity contribution is -0.130. The van der Waals surface area contributed by atoms with Crippen LogP contribution in [0.1, 0.15) is 18.7 Å². The van der Waals surface area contributed by atoms with Crippen molar-refractivity contribution in [2.45, 2.75) is 26.3 Å². The van der Waals surface area contributed by atoms with E-state index in [0.717, 1.165) is 37.3 Å². The molecule has 1 aromatic carbocycles. The highest BCUT2D eigenvalue weighted by atomic mass is 16.2. The van der Waals surface area contributed by atoms with Crippen LogP contribution in [0.15, 0.2) is 30.3 Å². The molecule has 0 bridgehead atoms. The summed E-state index contributed by atoms with van der Waals surface area (Å²) in [6.07, 6.45) is 2.21. The summed E-state index contributed by atoms with van der Waals surface area (Å²) in [6, 6.07) is 9.87. The molecular formula is C15H18N4O. The minimum Gasteiger partial charge on any atom is -0.341 e. The largest absolute Gasteiger partial charge is 0.341 e. The first-order valence-corrected chi connectivity index (χ1v) is 6.99. The van der Waals surface area contributed by atoms with Crippen molar-refractivity contribution in [3.05, 3.63) is 36.2 Å². The summed E-state index contributed by atoms with van der Waals surface area (Å²) in [5, 5.41) is 4.36. The quantitative estimate of drug-likeness (QED) is 0.855. The molecule has 0 radical (unpaired) electrons. The predicted octanol–water partition coefficient (Wildman–Crippen LogP) is 1.88. The van der Waals surface area contributed by atoms with Gasteiger partial charge in [-0.1, -0.05) is 30.3 Å². The average molecular weight is 270 g/mol. The van der Waals surface area contributed by atoms with Gasteiger partial charge in [0.2, 0.25) is 5.91 Å². The van der Waals surface area contributed by atoms with Gasteiger partial charge in [-0.25, -0.2) is 9.67 Å². The zero-order chi connectivity index (χ0) is 13.9. The Hall–Kier alpha value is -2.17. The molecule has 0 spiro atoms. The average Bonchev–Trinajstić information content (AvgIpc) is 3.09. The smallest absolute Gasteiger partial charge is 0.244 e. The van der Waals surface area contributed by atoms with Crippen molar-refractivity contribution >= 4 is 5.91 Å². The summed E-state index contributed by atoms with van der Waals surface area (Å²) in [6.45, 7) is 3.86. The van der Waals surface area contributed by atoms with Crippen molar-refractivity contribution in [3.63, 3.8) is 0 Å². The molecule has 104 valence electrons. The number of amides is 1. The normalized spacial score (nSPS) is 14.8. The van der Waals surface area contributed by atoms with E-state index in [-0.39, 0.29) is 12.5 Å². The predicted molar refractivity (Wildman–Crippen MR) is 76.0 cm³/mol. The van der Waals surface area contributed by atoms with Gasteiger partial charge in [0.15, 0.2) is 5.82 Å². The van der Waals surface area contributed by atoms with Gasteiger partial charge in [0.25, 0.3) is 0 Å². The maximum Gasteiger partial charge on any atom is 0.244 e. The molecule has 1 fully saturated rings. The lowest BCUT2D eigenvalue weighted by atomic mass is 10.2. The molecule has 5 heteroatoms. The van der Waals surface area contributed by atoms with Gasteiger partial charge in [0.05, 0.1) is 0 Å². The molecule has 1 aliphatic rings. The van der Waals surface area contributed by atoms with Crippen LogP contribution in [-0.2, 0) is 11.3 Å². The maximum atomic E-state index is 12.2. The van der Waals surface area contributed by atoms with Crippen LogP contribution in [-0.4, -0.2) is 38.7 Å². The molecule has 0 N–H and O–H groups in total. The summed E-state index contributed by atoms with van der Waals surface area (Å²) < 4.78 is 1.71. The van der Waals surface area contributed by atoms with Gasteiger partial charge in [0, 0.05) is 18.7 Å². The molecule has 1 aliphatic heterocycles. The molecule has 0 atom stereocenters. The number of hydrogen-bond donors (Lipinski definition) is 0. The van der Waals surface area contributed by atoms with Gasteiger partial charge in [-0.05, 0) is 19.8 Å². The van der Waals surface area contributed by atoms with Crippen molar-refractivity contribution < 1.29 is 4.79 Å². The molecule has 1 aromatic heterocycles. The molecule has 3 rings (SSSR count). The summed E-state index contributed by atoms with van der Waals surface area (Å²) in [4.78, 5) is 18.6. The van der Waals surface area contributed by atoms with Crippen LogP contribution in [0.25, 0.3) is 11.4 Å². The molecule has 5 nitrogen and oxygen atoms in total. The number of aromatic nitrogens is 3. The summed E-state index contributed by atoms with van der Waals surface area (Å²) in [7, 11) is 0. The Kier molecular flexibility index (Phi) is 3.50. The lowest BCUT2D eigenvalue weighted by Crippen LogP contribution is -2.31. The number of carbonyl (C=O) groups excluding carboxylic acids is 1. The Labute approximate surface area is 118 Å². The first kappa shape index (κ1) is 12.8. The summed E-state index contributed by atoms with van der Waals surface area (Å²) >= 11 is 0. The number of carbonyl (C=O) groups is 1. The van der Waals surface area contributed by atoms with E-state index in [9.17, 15) is 4.79 Å². The van der Waals surface area contributed by atoms with Crippen LogP contribution in [0.2, 0.25) is 0 Å². The molecule has 0 aliphatic carbocycles. The summed E-state index contributed by atoms with van der Waals surface area (Å²) in [5.74, 6) is 1.58. The molecule has 2 aromatic rings. The van der Waals surface area contributed by atoms with E-state index in [4.69, 9.17) is 0 Å². The van der Waals surface area contributed by atoms with Crippen molar-refractivity contribution in [3.8, 4) is 11.4 Å². The maximum absolute atomic E-state index is 12.2. The minimum absolute atomic E-state index is 0.129. The van der Waals surface area contributed by atoms with Crippen LogP contribution in [0.4, 0.5) is 0 Å². The second-order valence-electron chi connectivity index (χ2n) is 5.09. The first-order chi connectivity index (χ1) is 9.74. The fourth-order valence-electron chi connectivity index (χ4n) is 2.56. The van der Waals surface area contributed by atoms with Gasteiger partial charge in [-0.15, -0.1) is 0 Å². The molecule has 20 heavy (non-hydrogen) atoms. The van der Waals surface area contributed by atoms with Crippen molar-refractivity contribution in [1.82, 2.24) is 19.7 Å². The van der Waals surface area contributed by atoms with Crippen LogP contribution in [0, 0.1) is 6.92 Å². The Bertz CT molecular complexity index is 600. The van der Waals surface area contributed by atoms with E-state index < -0.39 is 0 Å². The van der Waals surface area contributed by atoms with E-state index in [1.807, 2.05) is 42.2 Å². The monoisotopic (exact) mass is 270 g/mol. The van der Waals surface area contributed by atoms with E-state index in [1.54, 1.807) is 4.68 Å². The molecule has 1 saturated heterocycles. The van der Waals surface area contributed by atoms with Crippen LogP contribution in [0.5, 0.6) is 0 Å². The molecule has 1 amide bonds. The van der Waals surface area contributed by atoms with Gasteiger partial charge < -0.3 is 4.90 Å². The SMILES string of the molecule is Cc1nc(-c2ccccc2)n(CC(=O)N2CCCC2)n1. The first-order valence-electron chi connectivity index (χ1n) is 6.99. The van der Waals surface area contributed by atoms with Crippen LogP contribution >= 0.6 is 0 Å². The number of nitrogens with zero attached hydrogens (tertiary/aromatic N) is 4. The second-order valence-corrected chi connectivity index (χ2v) is 5.09. The fourth-order valence-corrected chi connectivity index (χ4v) is 2.56. The number of likely N-dealkylation sites (tertiary alicyclic amines) is 1. The van der Waals surface area contributed by atoms with Gasteiger partial charge in [-0.2, -0.15) is 5.10 Å². The third-order valence-electron chi connectivity index (χ3n) is 3.55. The van der Waals surface area contributed by atoms with Crippen molar-refractivity contribution in [2.24, 2.45) is 0 Å². The van der Waals surface area contributed by atoms with Gasteiger partial charge in [0.1, 0.15) is 12.4 Å². The highest BCUT2D eigenvalue weighted by Gasteiger charge is 2.20. The second kappa shape index (κ2) is 5.45. The summed E-state index contributed by atoms with van der Waals surface area (Å²) in [5.41, 5.74) is 0.988. The van der Waals surface area contributed by atoms with Gasteiger partial charge in [-0.3, -0.25) is 4.79 Å². The molecule has 0 unspecified atom stereocenters. The number of rotatable bonds is 3. The van der Waals surface area contributed by atoms with Crippen molar-refractivity contribution in [2.75, 3.05) is 13.1 Å². The highest BCUT2D eigenvalue weighted by molar-refractivity contribution is 5.76. The Morgan fingerprint density at radius 1 is 1.20 bits per heavy atom. The zero-order valence-corrected chi connectivity index (χ0v) is 11.6. The molecule has 0 saturated carbocycles. The van der Waals surface area contributed by atoms with E-state index >= 15 is 0 Å². The lowest BCUT2D eigenvalue weighted by Gasteiger charge is -2.15.